The molecule has 21 heavy (non-hydrogen) atoms. The number of aromatic nitrogens is 1. The Balaban J connectivity index is 1.56. The predicted molar refractivity (Wildman–Crippen MR) is 80.9 cm³/mol. The molecule has 112 valence electrons. The molecule has 5 heteroatoms. The van der Waals surface area contributed by atoms with Gasteiger partial charge in [0.25, 0.3) is 0 Å². The maximum absolute atomic E-state index is 5.71. The fraction of sp³-hybridized carbons (Fsp3) is 0.438. The Morgan fingerprint density at radius 3 is 2.95 bits per heavy atom. The maximum Gasteiger partial charge on any atom is 0.151 e. The van der Waals surface area contributed by atoms with Gasteiger partial charge in [-0.2, -0.15) is 0 Å². The van der Waals surface area contributed by atoms with E-state index >= 15 is 0 Å². The molecule has 1 atom stereocenters. The van der Waals surface area contributed by atoms with Gasteiger partial charge in [-0.3, -0.25) is 4.90 Å². The van der Waals surface area contributed by atoms with E-state index < -0.39 is 0 Å². The van der Waals surface area contributed by atoms with Crippen LogP contribution in [0.15, 0.2) is 40.9 Å². The highest BCUT2D eigenvalue weighted by molar-refractivity contribution is 5.58. The number of hydrogen-bond acceptors (Lipinski definition) is 5. The number of rotatable bonds is 5. The summed E-state index contributed by atoms with van der Waals surface area (Å²) in [6, 6.07) is 12.1. The minimum atomic E-state index is 0.250. The van der Waals surface area contributed by atoms with Crippen LogP contribution in [0, 0.1) is 0 Å². The Bertz CT molecular complexity index is 550. The molecule has 1 saturated heterocycles. The Morgan fingerprint density at radius 2 is 2.19 bits per heavy atom. The van der Waals surface area contributed by atoms with Crippen molar-refractivity contribution in [3.05, 3.63) is 42.2 Å². The molecule has 1 aliphatic rings. The monoisotopic (exact) mass is 287 g/mol. The smallest absolute Gasteiger partial charge is 0.151 e. The summed E-state index contributed by atoms with van der Waals surface area (Å²) < 4.78 is 11.1. The number of ether oxygens (including phenoxy) is 1. The van der Waals surface area contributed by atoms with Crippen molar-refractivity contribution < 1.29 is 9.26 Å². The second-order valence-electron chi connectivity index (χ2n) is 5.44. The molecule has 1 unspecified atom stereocenters. The number of morpholine rings is 1. The zero-order chi connectivity index (χ0) is 14.5. The minimum absolute atomic E-state index is 0.250. The number of nitrogens with zero attached hydrogens (tertiary/aromatic N) is 2. The lowest BCUT2D eigenvalue weighted by atomic mass is 10.1. The lowest BCUT2D eigenvalue weighted by molar-refractivity contribution is 0.00773. The van der Waals surface area contributed by atoms with E-state index in [1.807, 2.05) is 36.4 Å². The van der Waals surface area contributed by atoms with Crippen LogP contribution in [0.3, 0.4) is 0 Å². The second kappa shape index (κ2) is 6.85. The summed E-state index contributed by atoms with van der Waals surface area (Å²) in [6.07, 6.45) is 0.250. The number of nitrogens with one attached hydrogen (secondary N) is 1. The van der Waals surface area contributed by atoms with Crippen LogP contribution in [-0.4, -0.2) is 49.4 Å². The van der Waals surface area contributed by atoms with Crippen molar-refractivity contribution in [2.24, 2.45) is 0 Å². The summed E-state index contributed by atoms with van der Waals surface area (Å²) in [6.45, 7) is 4.27. The highest BCUT2D eigenvalue weighted by Gasteiger charge is 2.16. The quantitative estimate of drug-likeness (QED) is 0.908. The van der Waals surface area contributed by atoms with Crippen molar-refractivity contribution in [1.82, 2.24) is 15.4 Å². The summed E-state index contributed by atoms with van der Waals surface area (Å²) in [5, 5.41) is 7.48. The van der Waals surface area contributed by atoms with Crippen LogP contribution in [-0.2, 0) is 11.3 Å². The van der Waals surface area contributed by atoms with Gasteiger partial charge in [0.2, 0.25) is 0 Å². The Labute approximate surface area is 124 Å². The molecule has 0 bridgehead atoms. The fourth-order valence-corrected chi connectivity index (χ4v) is 2.55. The molecule has 2 heterocycles. The highest BCUT2D eigenvalue weighted by atomic mass is 16.5. The standard InChI is InChI=1S/C16H21N3O2/c1-19(12-15-10-17-7-8-20-15)11-14-9-16(18-21-14)13-5-3-2-4-6-13/h2-6,9,15,17H,7-8,10-12H2,1H3. The lowest BCUT2D eigenvalue weighted by Gasteiger charge is -2.27. The molecule has 1 N–H and O–H groups in total. The highest BCUT2D eigenvalue weighted by Crippen LogP contribution is 2.19. The Morgan fingerprint density at radius 1 is 1.33 bits per heavy atom. The Hall–Kier alpha value is -1.69. The molecule has 3 rings (SSSR count). The molecular formula is C16H21N3O2. The van der Waals surface area contributed by atoms with Gasteiger partial charge in [-0.05, 0) is 7.05 Å². The summed E-state index contributed by atoms with van der Waals surface area (Å²) in [4.78, 5) is 2.20. The van der Waals surface area contributed by atoms with E-state index in [0.29, 0.717) is 0 Å². The first kappa shape index (κ1) is 14.3. The molecule has 0 amide bonds. The minimum Gasteiger partial charge on any atom is -0.374 e. The van der Waals surface area contributed by atoms with Crippen LogP contribution >= 0.6 is 0 Å². The summed E-state index contributed by atoms with van der Waals surface area (Å²) in [5.41, 5.74) is 1.96. The maximum atomic E-state index is 5.71. The van der Waals surface area contributed by atoms with Crippen molar-refractivity contribution in [3.63, 3.8) is 0 Å². The van der Waals surface area contributed by atoms with Gasteiger partial charge < -0.3 is 14.6 Å². The molecule has 0 radical (unpaired) electrons. The SMILES string of the molecule is CN(Cc1cc(-c2ccccc2)no1)CC1CNCCO1. The van der Waals surface area contributed by atoms with Crippen LogP contribution in [0.1, 0.15) is 5.76 Å². The molecule has 5 nitrogen and oxygen atoms in total. The third-order valence-corrected chi connectivity index (χ3v) is 3.57. The summed E-state index contributed by atoms with van der Waals surface area (Å²) in [7, 11) is 2.07. The van der Waals surface area contributed by atoms with Crippen molar-refractivity contribution in [2.45, 2.75) is 12.6 Å². The van der Waals surface area contributed by atoms with E-state index in [9.17, 15) is 0 Å². The van der Waals surface area contributed by atoms with Crippen molar-refractivity contribution in [2.75, 3.05) is 33.3 Å². The largest absolute Gasteiger partial charge is 0.374 e. The molecule has 0 spiro atoms. The van der Waals surface area contributed by atoms with Gasteiger partial charge in [0, 0.05) is 31.3 Å². The first-order valence-corrected chi connectivity index (χ1v) is 7.33. The molecule has 1 fully saturated rings. The van der Waals surface area contributed by atoms with Gasteiger partial charge >= 0.3 is 0 Å². The molecule has 2 aromatic rings. The van der Waals surface area contributed by atoms with Gasteiger partial charge in [-0.1, -0.05) is 35.5 Å². The first-order valence-electron chi connectivity index (χ1n) is 7.33. The van der Waals surface area contributed by atoms with Gasteiger partial charge in [-0.25, -0.2) is 0 Å². The normalized spacial score (nSPS) is 19.0. The van der Waals surface area contributed by atoms with Crippen LogP contribution in [0.2, 0.25) is 0 Å². The average molecular weight is 287 g/mol. The molecular weight excluding hydrogens is 266 g/mol. The molecule has 1 aliphatic heterocycles. The van der Waals surface area contributed by atoms with Crippen LogP contribution in [0.4, 0.5) is 0 Å². The summed E-state index contributed by atoms with van der Waals surface area (Å²) in [5.74, 6) is 0.875. The van der Waals surface area contributed by atoms with Crippen LogP contribution in [0.25, 0.3) is 11.3 Å². The van der Waals surface area contributed by atoms with E-state index in [-0.39, 0.29) is 6.10 Å². The van der Waals surface area contributed by atoms with E-state index in [1.54, 1.807) is 0 Å². The average Bonchev–Trinajstić information content (AvgIpc) is 2.97. The third-order valence-electron chi connectivity index (χ3n) is 3.57. The van der Waals surface area contributed by atoms with E-state index in [2.05, 4.69) is 22.4 Å². The zero-order valence-corrected chi connectivity index (χ0v) is 12.3. The molecule has 0 aliphatic carbocycles. The first-order chi connectivity index (χ1) is 10.3. The van der Waals surface area contributed by atoms with E-state index in [1.165, 1.54) is 0 Å². The predicted octanol–water partition coefficient (Wildman–Crippen LogP) is 1.76. The number of hydrogen-bond donors (Lipinski definition) is 1. The zero-order valence-electron chi connectivity index (χ0n) is 12.3. The van der Waals surface area contributed by atoms with Gasteiger partial charge in [0.1, 0.15) is 5.69 Å². The van der Waals surface area contributed by atoms with Crippen molar-refractivity contribution >= 4 is 0 Å². The lowest BCUT2D eigenvalue weighted by Crippen LogP contribution is -2.44. The topological polar surface area (TPSA) is 50.5 Å². The number of likely N-dealkylation sites (N-methyl/N-ethyl adjacent to an activating group) is 1. The van der Waals surface area contributed by atoms with Crippen molar-refractivity contribution in [1.29, 1.82) is 0 Å². The molecule has 0 saturated carbocycles. The third kappa shape index (κ3) is 3.91. The van der Waals surface area contributed by atoms with Crippen molar-refractivity contribution in [3.8, 4) is 11.3 Å². The van der Waals surface area contributed by atoms with Crippen LogP contribution < -0.4 is 5.32 Å². The van der Waals surface area contributed by atoms with E-state index in [4.69, 9.17) is 9.26 Å². The summed E-state index contributed by atoms with van der Waals surface area (Å²) >= 11 is 0. The van der Waals surface area contributed by atoms with E-state index in [0.717, 1.165) is 49.8 Å². The van der Waals surface area contributed by atoms with Gasteiger partial charge in [-0.15, -0.1) is 0 Å². The second-order valence-corrected chi connectivity index (χ2v) is 5.44. The molecule has 1 aromatic carbocycles. The number of benzene rings is 1. The fourth-order valence-electron chi connectivity index (χ4n) is 2.55. The van der Waals surface area contributed by atoms with Gasteiger partial charge in [0.05, 0.1) is 19.3 Å². The molecule has 1 aromatic heterocycles. The Kier molecular flexibility index (Phi) is 4.65. The van der Waals surface area contributed by atoms with Crippen LogP contribution in [0.5, 0.6) is 0 Å². The van der Waals surface area contributed by atoms with Gasteiger partial charge in [0.15, 0.2) is 5.76 Å².